The highest BCUT2D eigenvalue weighted by Crippen LogP contribution is 2.26. The summed E-state index contributed by atoms with van der Waals surface area (Å²) in [6, 6.07) is 0.782. The van der Waals surface area contributed by atoms with Crippen LogP contribution in [0.3, 0.4) is 0 Å². The van der Waals surface area contributed by atoms with E-state index in [1.54, 1.807) is 0 Å². The zero-order valence-electron chi connectivity index (χ0n) is 9.97. The standard InChI is InChI=1S/C13H25N/c1-4-12-6-5-7-13(10-12)14-9-8-11(2)3/h8,12-14H,4-7,9-10H2,1-3H3. The molecule has 1 rings (SSSR count). The van der Waals surface area contributed by atoms with Gasteiger partial charge in [-0.3, -0.25) is 0 Å². The van der Waals surface area contributed by atoms with Crippen LogP contribution < -0.4 is 5.32 Å². The van der Waals surface area contributed by atoms with E-state index >= 15 is 0 Å². The lowest BCUT2D eigenvalue weighted by molar-refractivity contribution is 0.285. The van der Waals surface area contributed by atoms with E-state index in [9.17, 15) is 0 Å². The van der Waals surface area contributed by atoms with Crippen molar-refractivity contribution in [3.05, 3.63) is 11.6 Å². The van der Waals surface area contributed by atoms with E-state index in [0.29, 0.717) is 0 Å². The smallest absolute Gasteiger partial charge is 0.0139 e. The van der Waals surface area contributed by atoms with Gasteiger partial charge in [-0.2, -0.15) is 0 Å². The largest absolute Gasteiger partial charge is 0.311 e. The second kappa shape index (κ2) is 6.23. The molecule has 1 fully saturated rings. The number of hydrogen-bond donors (Lipinski definition) is 1. The Morgan fingerprint density at radius 2 is 2.14 bits per heavy atom. The van der Waals surface area contributed by atoms with Crippen molar-refractivity contribution in [3.63, 3.8) is 0 Å². The minimum absolute atomic E-state index is 0.782. The third-order valence-corrected chi connectivity index (χ3v) is 3.28. The molecule has 0 radical (unpaired) electrons. The van der Waals surface area contributed by atoms with Crippen molar-refractivity contribution < 1.29 is 0 Å². The molecule has 82 valence electrons. The van der Waals surface area contributed by atoms with Crippen LogP contribution in [0.25, 0.3) is 0 Å². The third kappa shape index (κ3) is 4.28. The molecule has 0 aromatic carbocycles. The van der Waals surface area contributed by atoms with Gasteiger partial charge >= 0.3 is 0 Å². The topological polar surface area (TPSA) is 12.0 Å². The van der Waals surface area contributed by atoms with Crippen LogP contribution in [0.4, 0.5) is 0 Å². The van der Waals surface area contributed by atoms with Crippen LogP contribution in [-0.4, -0.2) is 12.6 Å². The summed E-state index contributed by atoms with van der Waals surface area (Å²) in [5.74, 6) is 0.980. The van der Waals surface area contributed by atoms with E-state index in [2.05, 4.69) is 32.2 Å². The lowest BCUT2D eigenvalue weighted by atomic mass is 9.84. The maximum absolute atomic E-state index is 3.64. The maximum atomic E-state index is 3.64. The Bertz CT molecular complexity index is 180. The summed E-state index contributed by atoms with van der Waals surface area (Å²) in [6.07, 6.45) is 9.30. The first-order valence-electron chi connectivity index (χ1n) is 6.09. The van der Waals surface area contributed by atoms with Crippen molar-refractivity contribution in [2.45, 2.75) is 58.9 Å². The van der Waals surface area contributed by atoms with Crippen LogP contribution in [0, 0.1) is 5.92 Å². The van der Waals surface area contributed by atoms with Gasteiger partial charge in [-0.1, -0.05) is 37.8 Å². The van der Waals surface area contributed by atoms with Gasteiger partial charge in [0.15, 0.2) is 0 Å². The molecule has 1 N–H and O–H groups in total. The molecule has 0 aromatic rings. The SMILES string of the molecule is CCC1CCCC(NCC=C(C)C)C1. The van der Waals surface area contributed by atoms with E-state index in [0.717, 1.165) is 18.5 Å². The van der Waals surface area contributed by atoms with Crippen molar-refractivity contribution in [2.75, 3.05) is 6.54 Å². The average Bonchev–Trinajstić information content (AvgIpc) is 2.18. The van der Waals surface area contributed by atoms with Gasteiger partial charge in [0, 0.05) is 12.6 Å². The summed E-state index contributed by atoms with van der Waals surface area (Å²) in [6.45, 7) is 7.71. The van der Waals surface area contributed by atoms with E-state index in [4.69, 9.17) is 0 Å². The molecule has 0 bridgehead atoms. The Balaban J connectivity index is 2.20. The van der Waals surface area contributed by atoms with Crippen LogP contribution >= 0.6 is 0 Å². The molecule has 1 saturated carbocycles. The molecular formula is C13H25N. The fraction of sp³-hybridized carbons (Fsp3) is 0.846. The van der Waals surface area contributed by atoms with Crippen molar-refractivity contribution in [1.29, 1.82) is 0 Å². The van der Waals surface area contributed by atoms with Gasteiger partial charge in [-0.15, -0.1) is 0 Å². The predicted octanol–water partition coefficient (Wildman–Crippen LogP) is 3.51. The molecule has 1 nitrogen and oxygen atoms in total. The quantitative estimate of drug-likeness (QED) is 0.677. The Labute approximate surface area is 89.0 Å². The number of hydrogen-bond acceptors (Lipinski definition) is 1. The molecule has 0 saturated heterocycles. The Hall–Kier alpha value is -0.300. The maximum Gasteiger partial charge on any atom is 0.0139 e. The molecule has 0 heterocycles. The Morgan fingerprint density at radius 1 is 1.36 bits per heavy atom. The summed E-state index contributed by atoms with van der Waals surface area (Å²) in [5.41, 5.74) is 1.42. The van der Waals surface area contributed by atoms with Crippen molar-refractivity contribution in [2.24, 2.45) is 5.92 Å². The Kier molecular flexibility index (Phi) is 5.24. The highest BCUT2D eigenvalue weighted by Gasteiger charge is 2.19. The fourth-order valence-corrected chi connectivity index (χ4v) is 2.28. The molecule has 0 amide bonds. The molecule has 2 unspecified atom stereocenters. The molecular weight excluding hydrogens is 170 g/mol. The van der Waals surface area contributed by atoms with Gasteiger partial charge in [0.2, 0.25) is 0 Å². The fourth-order valence-electron chi connectivity index (χ4n) is 2.28. The minimum Gasteiger partial charge on any atom is -0.311 e. The highest BCUT2D eigenvalue weighted by molar-refractivity contribution is 4.95. The van der Waals surface area contributed by atoms with Gasteiger partial charge in [-0.05, 0) is 32.6 Å². The summed E-state index contributed by atoms with van der Waals surface area (Å²) in [5, 5.41) is 3.64. The van der Waals surface area contributed by atoms with Crippen molar-refractivity contribution in [3.8, 4) is 0 Å². The number of allylic oxidation sites excluding steroid dienone is 1. The zero-order valence-corrected chi connectivity index (χ0v) is 9.97. The van der Waals surface area contributed by atoms with E-state index in [1.165, 1.54) is 37.7 Å². The molecule has 0 spiro atoms. The predicted molar refractivity (Wildman–Crippen MR) is 63.5 cm³/mol. The van der Waals surface area contributed by atoms with E-state index < -0.39 is 0 Å². The molecule has 2 atom stereocenters. The van der Waals surface area contributed by atoms with Crippen molar-refractivity contribution in [1.82, 2.24) is 5.32 Å². The summed E-state index contributed by atoms with van der Waals surface area (Å²) in [4.78, 5) is 0. The molecule has 1 aliphatic carbocycles. The first kappa shape index (κ1) is 11.8. The lowest BCUT2D eigenvalue weighted by Gasteiger charge is -2.28. The molecule has 1 heteroatoms. The van der Waals surface area contributed by atoms with Crippen LogP contribution in [0.1, 0.15) is 52.9 Å². The van der Waals surface area contributed by atoms with Crippen LogP contribution in [0.5, 0.6) is 0 Å². The van der Waals surface area contributed by atoms with Gasteiger partial charge in [0.05, 0.1) is 0 Å². The highest BCUT2D eigenvalue weighted by atomic mass is 14.9. The minimum atomic E-state index is 0.782. The molecule has 1 aliphatic rings. The molecule has 14 heavy (non-hydrogen) atoms. The summed E-state index contributed by atoms with van der Waals surface area (Å²) < 4.78 is 0. The van der Waals surface area contributed by atoms with Gasteiger partial charge in [0.25, 0.3) is 0 Å². The summed E-state index contributed by atoms with van der Waals surface area (Å²) in [7, 11) is 0. The van der Waals surface area contributed by atoms with Crippen molar-refractivity contribution >= 4 is 0 Å². The van der Waals surface area contributed by atoms with Crippen LogP contribution in [0.2, 0.25) is 0 Å². The number of rotatable bonds is 4. The van der Waals surface area contributed by atoms with Gasteiger partial charge < -0.3 is 5.32 Å². The third-order valence-electron chi connectivity index (χ3n) is 3.28. The van der Waals surface area contributed by atoms with Gasteiger partial charge in [0.1, 0.15) is 0 Å². The Morgan fingerprint density at radius 3 is 2.79 bits per heavy atom. The van der Waals surface area contributed by atoms with Crippen LogP contribution in [-0.2, 0) is 0 Å². The van der Waals surface area contributed by atoms with E-state index in [-0.39, 0.29) is 0 Å². The zero-order chi connectivity index (χ0) is 10.4. The first-order chi connectivity index (χ1) is 6.72. The second-order valence-corrected chi connectivity index (χ2v) is 4.83. The average molecular weight is 195 g/mol. The lowest BCUT2D eigenvalue weighted by Crippen LogP contribution is -2.34. The van der Waals surface area contributed by atoms with Crippen LogP contribution in [0.15, 0.2) is 11.6 Å². The second-order valence-electron chi connectivity index (χ2n) is 4.83. The van der Waals surface area contributed by atoms with E-state index in [1.807, 2.05) is 0 Å². The normalized spacial score (nSPS) is 27.4. The number of nitrogens with one attached hydrogen (secondary N) is 1. The monoisotopic (exact) mass is 195 g/mol. The molecule has 0 aromatic heterocycles. The van der Waals surface area contributed by atoms with Gasteiger partial charge in [-0.25, -0.2) is 0 Å². The molecule has 0 aliphatic heterocycles. The first-order valence-corrected chi connectivity index (χ1v) is 6.09. The summed E-state index contributed by atoms with van der Waals surface area (Å²) >= 11 is 0.